The number of rotatable bonds is 10. The minimum atomic E-state index is -0.123. The monoisotopic (exact) mass is 472 g/mol. The number of anilines is 1. The molecule has 1 fully saturated rings. The first-order valence-electron chi connectivity index (χ1n) is 11.9. The standard InChI is InChI=1S/C25H36N4O3S/c1-5-28(6-2)15-12-26-24(30)20-8-9-21(22-16-18(4)17-33-22)27-23(20)29-13-10-19(11-14-29)25(31)32-7-3/h8-9,16-17,19H,5-7,10-15H2,1-4H3,(H,26,30). The Morgan fingerprint density at radius 3 is 2.55 bits per heavy atom. The molecular weight excluding hydrogens is 436 g/mol. The number of hydrogen-bond acceptors (Lipinski definition) is 7. The van der Waals surface area contributed by atoms with E-state index in [0.717, 1.165) is 30.2 Å². The van der Waals surface area contributed by atoms with Gasteiger partial charge >= 0.3 is 5.97 Å². The number of carbonyl (C=O) groups is 2. The number of nitrogens with zero attached hydrogens (tertiary/aromatic N) is 3. The van der Waals surface area contributed by atoms with Crippen molar-refractivity contribution in [3.05, 3.63) is 34.7 Å². The van der Waals surface area contributed by atoms with Gasteiger partial charge in [-0.2, -0.15) is 0 Å². The number of aryl methyl sites for hydroxylation is 1. The molecule has 0 spiro atoms. The van der Waals surface area contributed by atoms with Gasteiger partial charge in [0.25, 0.3) is 5.91 Å². The van der Waals surface area contributed by atoms with E-state index in [1.807, 2.05) is 19.1 Å². The Labute approximate surface area is 201 Å². The lowest BCUT2D eigenvalue weighted by atomic mass is 9.96. The Morgan fingerprint density at radius 2 is 1.94 bits per heavy atom. The molecule has 7 nitrogen and oxygen atoms in total. The zero-order chi connectivity index (χ0) is 23.8. The summed E-state index contributed by atoms with van der Waals surface area (Å²) in [6.45, 7) is 13.2. The Kier molecular flexibility index (Phi) is 9.26. The molecule has 1 aliphatic rings. The molecule has 0 unspecified atom stereocenters. The van der Waals surface area contributed by atoms with Gasteiger partial charge in [-0.05, 0) is 68.9 Å². The average molecular weight is 473 g/mol. The first kappa shape index (κ1) is 25.2. The lowest BCUT2D eigenvalue weighted by Crippen LogP contribution is -2.39. The molecule has 1 N–H and O–H groups in total. The fraction of sp³-hybridized carbons (Fsp3) is 0.560. The number of piperidine rings is 1. The molecule has 0 radical (unpaired) electrons. The molecule has 3 rings (SSSR count). The minimum Gasteiger partial charge on any atom is -0.466 e. The Morgan fingerprint density at radius 1 is 1.21 bits per heavy atom. The van der Waals surface area contributed by atoms with Gasteiger partial charge in [-0.3, -0.25) is 9.59 Å². The largest absolute Gasteiger partial charge is 0.466 e. The summed E-state index contributed by atoms with van der Waals surface area (Å²) in [5, 5.41) is 5.17. The van der Waals surface area contributed by atoms with Crippen molar-refractivity contribution in [3.63, 3.8) is 0 Å². The number of esters is 1. The summed E-state index contributed by atoms with van der Waals surface area (Å²) in [6.07, 6.45) is 1.40. The third-order valence-electron chi connectivity index (χ3n) is 6.13. The van der Waals surface area contributed by atoms with Crippen LogP contribution in [0.5, 0.6) is 0 Å². The summed E-state index contributed by atoms with van der Waals surface area (Å²) in [5.74, 6) is 0.380. The van der Waals surface area contributed by atoms with Crippen LogP contribution in [-0.2, 0) is 9.53 Å². The molecule has 0 bridgehead atoms. The van der Waals surface area contributed by atoms with Crippen molar-refractivity contribution >= 4 is 29.0 Å². The average Bonchev–Trinajstić information content (AvgIpc) is 3.28. The number of likely N-dealkylation sites (N-methyl/N-ethyl adjacent to an activating group) is 1. The highest BCUT2D eigenvalue weighted by Gasteiger charge is 2.29. The smallest absolute Gasteiger partial charge is 0.309 e. The van der Waals surface area contributed by atoms with Crippen molar-refractivity contribution in [1.82, 2.24) is 15.2 Å². The van der Waals surface area contributed by atoms with Crippen LogP contribution in [0.1, 0.15) is 49.5 Å². The van der Waals surface area contributed by atoms with Gasteiger partial charge in [0.15, 0.2) is 0 Å². The van der Waals surface area contributed by atoms with Gasteiger partial charge in [0.2, 0.25) is 0 Å². The summed E-state index contributed by atoms with van der Waals surface area (Å²) >= 11 is 1.66. The van der Waals surface area contributed by atoms with Crippen LogP contribution in [0.2, 0.25) is 0 Å². The molecule has 2 aromatic heterocycles. The molecule has 1 aliphatic heterocycles. The zero-order valence-electron chi connectivity index (χ0n) is 20.2. The highest BCUT2D eigenvalue weighted by molar-refractivity contribution is 7.13. The molecule has 180 valence electrons. The van der Waals surface area contributed by atoms with Crippen LogP contribution in [0.15, 0.2) is 23.6 Å². The van der Waals surface area contributed by atoms with Crippen LogP contribution >= 0.6 is 11.3 Å². The molecule has 0 aromatic carbocycles. The third-order valence-corrected chi connectivity index (χ3v) is 7.20. The SMILES string of the molecule is CCOC(=O)C1CCN(c2nc(-c3cc(C)cs3)ccc2C(=O)NCCN(CC)CC)CC1. The Balaban J connectivity index is 1.79. The normalized spacial score (nSPS) is 14.5. The van der Waals surface area contributed by atoms with E-state index in [0.29, 0.717) is 50.5 Å². The van der Waals surface area contributed by atoms with E-state index in [1.54, 1.807) is 11.3 Å². The van der Waals surface area contributed by atoms with Crippen LogP contribution in [0.3, 0.4) is 0 Å². The van der Waals surface area contributed by atoms with E-state index < -0.39 is 0 Å². The highest BCUT2D eigenvalue weighted by Crippen LogP contribution is 2.31. The summed E-state index contributed by atoms with van der Waals surface area (Å²) in [7, 11) is 0. The maximum Gasteiger partial charge on any atom is 0.309 e. The van der Waals surface area contributed by atoms with Gasteiger partial charge in [0, 0.05) is 26.2 Å². The topological polar surface area (TPSA) is 74.8 Å². The molecule has 0 atom stereocenters. The summed E-state index contributed by atoms with van der Waals surface area (Å²) in [6, 6.07) is 5.93. The first-order chi connectivity index (χ1) is 16.0. The van der Waals surface area contributed by atoms with Crippen LogP contribution in [0, 0.1) is 12.8 Å². The fourth-order valence-corrected chi connectivity index (χ4v) is 4.99. The van der Waals surface area contributed by atoms with Crippen LogP contribution in [0.4, 0.5) is 5.82 Å². The molecule has 1 saturated heterocycles. The van der Waals surface area contributed by atoms with Gasteiger partial charge in [-0.25, -0.2) is 4.98 Å². The van der Waals surface area contributed by atoms with Gasteiger partial charge in [-0.1, -0.05) is 13.8 Å². The highest BCUT2D eigenvalue weighted by atomic mass is 32.1. The van der Waals surface area contributed by atoms with Crippen molar-refractivity contribution in [2.75, 3.05) is 50.8 Å². The van der Waals surface area contributed by atoms with Gasteiger partial charge in [0.05, 0.1) is 28.7 Å². The van der Waals surface area contributed by atoms with Gasteiger partial charge in [-0.15, -0.1) is 11.3 Å². The van der Waals surface area contributed by atoms with Crippen molar-refractivity contribution in [2.24, 2.45) is 5.92 Å². The summed E-state index contributed by atoms with van der Waals surface area (Å²) in [5.41, 5.74) is 2.66. The van der Waals surface area contributed by atoms with E-state index in [1.165, 1.54) is 5.56 Å². The second-order valence-electron chi connectivity index (χ2n) is 8.35. The van der Waals surface area contributed by atoms with Gasteiger partial charge in [0.1, 0.15) is 5.82 Å². The summed E-state index contributed by atoms with van der Waals surface area (Å²) in [4.78, 5) is 35.7. The quantitative estimate of drug-likeness (QED) is 0.528. The number of thiophene rings is 1. The Bertz CT molecular complexity index is 933. The molecule has 0 saturated carbocycles. The number of ether oxygens (including phenoxy) is 1. The number of aromatic nitrogens is 1. The van der Waals surface area contributed by atoms with E-state index >= 15 is 0 Å². The number of hydrogen-bond donors (Lipinski definition) is 1. The van der Waals surface area contributed by atoms with Crippen LogP contribution < -0.4 is 10.2 Å². The molecule has 2 aromatic rings. The predicted octanol–water partition coefficient (Wildman–Crippen LogP) is 3.97. The first-order valence-corrected chi connectivity index (χ1v) is 12.8. The lowest BCUT2D eigenvalue weighted by Gasteiger charge is -2.33. The molecule has 0 aliphatic carbocycles. The second kappa shape index (κ2) is 12.1. The zero-order valence-corrected chi connectivity index (χ0v) is 21.0. The molecule has 33 heavy (non-hydrogen) atoms. The van der Waals surface area contributed by atoms with Crippen molar-refractivity contribution in [3.8, 4) is 10.6 Å². The van der Waals surface area contributed by atoms with Crippen molar-refractivity contribution in [1.29, 1.82) is 0 Å². The minimum absolute atomic E-state index is 0.0873. The summed E-state index contributed by atoms with van der Waals surface area (Å²) < 4.78 is 5.21. The number of pyridine rings is 1. The maximum atomic E-state index is 13.1. The Hall–Kier alpha value is -2.45. The lowest BCUT2D eigenvalue weighted by molar-refractivity contribution is -0.148. The van der Waals surface area contributed by atoms with E-state index in [4.69, 9.17) is 9.72 Å². The van der Waals surface area contributed by atoms with E-state index in [-0.39, 0.29) is 17.8 Å². The second-order valence-corrected chi connectivity index (χ2v) is 9.26. The van der Waals surface area contributed by atoms with Crippen LogP contribution in [0.25, 0.3) is 10.6 Å². The number of nitrogens with one attached hydrogen (secondary N) is 1. The molecular formula is C25H36N4O3S. The number of carbonyl (C=O) groups excluding carboxylic acids is 2. The number of amides is 1. The third kappa shape index (κ3) is 6.54. The van der Waals surface area contributed by atoms with Crippen LogP contribution in [-0.4, -0.2) is 67.6 Å². The predicted molar refractivity (Wildman–Crippen MR) is 134 cm³/mol. The molecule has 3 heterocycles. The van der Waals surface area contributed by atoms with Gasteiger partial charge < -0.3 is 19.9 Å². The van der Waals surface area contributed by atoms with E-state index in [2.05, 4.69) is 47.3 Å². The molecule has 8 heteroatoms. The fourth-order valence-electron chi connectivity index (χ4n) is 4.12. The maximum absolute atomic E-state index is 13.1. The van der Waals surface area contributed by atoms with Crippen molar-refractivity contribution in [2.45, 2.75) is 40.5 Å². The van der Waals surface area contributed by atoms with E-state index in [9.17, 15) is 9.59 Å². The molecule has 1 amide bonds. The van der Waals surface area contributed by atoms with Crippen molar-refractivity contribution < 1.29 is 14.3 Å².